The van der Waals surface area contributed by atoms with Crippen LogP contribution in [0.4, 0.5) is 0 Å². The highest BCUT2D eigenvalue weighted by Gasteiger charge is 2.28. The van der Waals surface area contributed by atoms with Gasteiger partial charge in [0.05, 0.1) is 36.9 Å². The largest absolute Gasteiger partial charge is 0.493 e. The van der Waals surface area contributed by atoms with Crippen LogP contribution in [-0.4, -0.2) is 41.1 Å². The molecular formula is C38H39N3O4. The molecule has 0 saturated carbocycles. The number of fused-ring (bicyclic) bond motifs is 1. The minimum Gasteiger partial charge on any atom is -0.493 e. The molecule has 1 amide bonds. The summed E-state index contributed by atoms with van der Waals surface area (Å²) in [7, 11) is 3.21. The van der Waals surface area contributed by atoms with E-state index in [9.17, 15) is 9.59 Å². The average molecular weight is 602 g/mol. The fraction of sp³-hybridized carbons (Fsp3) is 0.237. The summed E-state index contributed by atoms with van der Waals surface area (Å²) in [5.41, 5.74) is 4.25. The number of benzene rings is 4. The number of ether oxygens (including phenoxy) is 2. The van der Waals surface area contributed by atoms with Crippen molar-refractivity contribution in [2.75, 3.05) is 20.8 Å². The zero-order valence-electron chi connectivity index (χ0n) is 26.3. The van der Waals surface area contributed by atoms with Gasteiger partial charge < -0.3 is 14.4 Å². The molecule has 4 aromatic carbocycles. The van der Waals surface area contributed by atoms with Crippen LogP contribution in [0.5, 0.6) is 11.5 Å². The molecule has 0 N–H and O–H groups in total. The minimum absolute atomic E-state index is 0.162. The molecule has 0 aliphatic heterocycles. The maximum Gasteiger partial charge on any atom is 0.266 e. The van der Waals surface area contributed by atoms with Crippen LogP contribution in [0.3, 0.4) is 0 Å². The van der Waals surface area contributed by atoms with Crippen molar-refractivity contribution in [2.45, 2.75) is 39.2 Å². The molecule has 45 heavy (non-hydrogen) atoms. The number of hydrogen-bond donors (Lipinski definition) is 0. The zero-order chi connectivity index (χ0) is 31.8. The van der Waals surface area contributed by atoms with Crippen molar-refractivity contribution in [3.05, 3.63) is 136 Å². The Morgan fingerprint density at radius 1 is 0.867 bits per heavy atom. The topological polar surface area (TPSA) is 73.7 Å². The van der Waals surface area contributed by atoms with E-state index in [1.807, 2.05) is 109 Å². The molecule has 5 aromatic rings. The fourth-order valence-electron chi connectivity index (χ4n) is 5.58. The summed E-state index contributed by atoms with van der Waals surface area (Å²) >= 11 is 0. The predicted octanol–water partition coefficient (Wildman–Crippen LogP) is 7.20. The predicted molar refractivity (Wildman–Crippen MR) is 180 cm³/mol. The van der Waals surface area contributed by atoms with E-state index in [-0.39, 0.29) is 11.5 Å². The van der Waals surface area contributed by atoms with Gasteiger partial charge in [-0.3, -0.25) is 14.2 Å². The standard InChI is InChI=1S/C38H39N3O4/c1-5-27-16-20-30(21-17-27)41-37(39-32-15-11-10-14-31(32)38(41)43)33(6-2)40(36(42)23-19-28-12-8-7-9-13-28)25-24-29-18-22-34(44-3)35(26-29)45-4/h7-23,26,33H,5-6,24-25H2,1-4H3/b23-19+. The second-order valence-corrected chi connectivity index (χ2v) is 10.8. The van der Waals surface area contributed by atoms with Gasteiger partial charge in [0, 0.05) is 12.6 Å². The molecule has 1 heterocycles. The highest BCUT2D eigenvalue weighted by atomic mass is 16.5. The van der Waals surface area contributed by atoms with Crippen LogP contribution in [0.15, 0.2) is 108 Å². The van der Waals surface area contributed by atoms with Crippen molar-refractivity contribution < 1.29 is 14.3 Å². The third-order valence-corrected chi connectivity index (χ3v) is 8.06. The van der Waals surface area contributed by atoms with Crippen molar-refractivity contribution in [1.82, 2.24) is 14.5 Å². The molecule has 0 aliphatic rings. The SMILES string of the molecule is CCc1ccc(-n2c(C(CC)N(CCc3ccc(OC)c(OC)c3)C(=O)/C=C/c3ccccc3)nc3ccccc3c2=O)cc1. The quantitative estimate of drug-likeness (QED) is 0.141. The zero-order valence-corrected chi connectivity index (χ0v) is 26.3. The van der Waals surface area contributed by atoms with Crippen LogP contribution in [-0.2, 0) is 17.6 Å². The van der Waals surface area contributed by atoms with Gasteiger partial charge in [-0.15, -0.1) is 0 Å². The summed E-state index contributed by atoms with van der Waals surface area (Å²) < 4.78 is 12.6. The Morgan fingerprint density at radius 3 is 2.24 bits per heavy atom. The van der Waals surface area contributed by atoms with Crippen LogP contribution in [0.1, 0.15) is 48.8 Å². The molecule has 0 spiro atoms. The summed E-state index contributed by atoms with van der Waals surface area (Å²) in [6, 6.07) is 30.4. The summed E-state index contributed by atoms with van der Waals surface area (Å²) in [5, 5.41) is 0.530. The van der Waals surface area contributed by atoms with E-state index in [0.29, 0.717) is 47.6 Å². The molecule has 1 aromatic heterocycles. The lowest BCUT2D eigenvalue weighted by Crippen LogP contribution is -2.39. The molecule has 0 saturated heterocycles. The molecule has 7 heteroatoms. The number of carbonyl (C=O) groups is 1. The molecule has 1 unspecified atom stereocenters. The van der Waals surface area contributed by atoms with Crippen molar-refractivity contribution >= 4 is 22.9 Å². The number of amides is 1. The number of nitrogens with zero attached hydrogens (tertiary/aromatic N) is 3. The molecule has 7 nitrogen and oxygen atoms in total. The van der Waals surface area contributed by atoms with E-state index in [2.05, 4.69) is 6.92 Å². The Morgan fingerprint density at radius 2 is 1.56 bits per heavy atom. The molecule has 230 valence electrons. The Kier molecular flexibility index (Phi) is 10.1. The fourth-order valence-corrected chi connectivity index (χ4v) is 5.58. The average Bonchev–Trinajstić information content (AvgIpc) is 3.09. The Bertz CT molecular complexity index is 1850. The van der Waals surface area contributed by atoms with Crippen LogP contribution >= 0.6 is 0 Å². The van der Waals surface area contributed by atoms with E-state index in [4.69, 9.17) is 14.5 Å². The monoisotopic (exact) mass is 601 g/mol. The smallest absolute Gasteiger partial charge is 0.266 e. The second-order valence-electron chi connectivity index (χ2n) is 10.8. The number of rotatable bonds is 12. The number of aryl methyl sites for hydroxylation is 1. The lowest BCUT2D eigenvalue weighted by Gasteiger charge is -2.32. The first-order valence-electron chi connectivity index (χ1n) is 15.3. The number of methoxy groups -OCH3 is 2. The van der Waals surface area contributed by atoms with Gasteiger partial charge in [0.15, 0.2) is 11.5 Å². The Hall–Kier alpha value is -5.17. The number of hydrogen-bond acceptors (Lipinski definition) is 5. The van der Waals surface area contributed by atoms with E-state index in [0.717, 1.165) is 23.2 Å². The third-order valence-electron chi connectivity index (χ3n) is 8.06. The third kappa shape index (κ3) is 6.99. The van der Waals surface area contributed by atoms with Crippen LogP contribution in [0, 0.1) is 0 Å². The summed E-state index contributed by atoms with van der Waals surface area (Å²) in [5.74, 6) is 1.63. The Labute approximate surface area is 264 Å². The summed E-state index contributed by atoms with van der Waals surface area (Å²) in [6.45, 7) is 4.51. The molecule has 0 aliphatic carbocycles. The van der Waals surface area contributed by atoms with Crippen molar-refractivity contribution in [2.24, 2.45) is 0 Å². The molecule has 0 radical (unpaired) electrons. The Balaban J connectivity index is 1.62. The van der Waals surface area contributed by atoms with Crippen LogP contribution < -0.4 is 15.0 Å². The first kappa shape index (κ1) is 31.3. The van der Waals surface area contributed by atoms with E-state index in [1.165, 1.54) is 5.56 Å². The van der Waals surface area contributed by atoms with E-state index in [1.54, 1.807) is 30.9 Å². The van der Waals surface area contributed by atoms with Crippen LogP contribution in [0.2, 0.25) is 0 Å². The van der Waals surface area contributed by atoms with Gasteiger partial charge >= 0.3 is 0 Å². The number of carbonyl (C=O) groups excluding carboxylic acids is 1. The van der Waals surface area contributed by atoms with Gasteiger partial charge in [-0.25, -0.2) is 4.98 Å². The van der Waals surface area contributed by atoms with Gasteiger partial charge in [-0.05, 0) is 78.4 Å². The molecule has 0 bridgehead atoms. The number of aromatic nitrogens is 2. The lowest BCUT2D eigenvalue weighted by atomic mass is 10.1. The molecular weight excluding hydrogens is 562 g/mol. The maximum atomic E-state index is 14.1. The second kappa shape index (κ2) is 14.5. The summed E-state index contributed by atoms with van der Waals surface area (Å²) in [4.78, 5) is 35.1. The van der Waals surface area contributed by atoms with E-state index < -0.39 is 6.04 Å². The van der Waals surface area contributed by atoms with Crippen molar-refractivity contribution in [1.29, 1.82) is 0 Å². The molecule has 0 fully saturated rings. The number of para-hydroxylation sites is 1. The van der Waals surface area contributed by atoms with Gasteiger partial charge in [0.25, 0.3) is 5.56 Å². The molecule has 5 rings (SSSR count). The highest BCUT2D eigenvalue weighted by Crippen LogP contribution is 2.30. The van der Waals surface area contributed by atoms with Gasteiger partial charge in [-0.2, -0.15) is 0 Å². The van der Waals surface area contributed by atoms with Gasteiger partial charge in [-0.1, -0.05) is 74.5 Å². The normalized spacial score (nSPS) is 11.9. The highest BCUT2D eigenvalue weighted by molar-refractivity contribution is 5.92. The van der Waals surface area contributed by atoms with Crippen molar-refractivity contribution in [3.63, 3.8) is 0 Å². The van der Waals surface area contributed by atoms with Crippen molar-refractivity contribution in [3.8, 4) is 17.2 Å². The summed E-state index contributed by atoms with van der Waals surface area (Å²) in [6.07, 6.45) is 5.43. The first-order valence-corrected chi connectivity index (χ1v) is 15.3. The lowest BCUT2D eigenvalue weighted by molar-refractivity contribution is -0.128. The maximum absolute atomic E-state index is 14.1. The van der Waals surface area contributed by atoms with Gasteiger partial charge in [0.1, 0.15) is 5.82 Å². The molecule has 1 atom stereocenters. The van der Waals surface area contributed by atoms with Crippen LogP contribution in [0.25, 0.3) is 22.7 Å². The minimum atomic E-state index is -0.485. The van der Waals surface area contributed by atoms with E-state index >= 15 is 0 Å². The first-order chi connectivity index (χ1) is 22.0. The van der Waals surface area contributed by atoms with Gasteiger partial charge in [0.2, 0.25) is 5.91 Å².